The highest BCUT2D eigenvalue weighted by Gasteiger charge is 2.13. The van der Waals surface area contributed by atoms with E-state index in [0.29, 0.717) is 0 Å². The van der Waals surface area contributed by atoms with Crippen LogP contribution in [0.1, 0.15) is 35.6 Å². The molecule has 0 amide bonds. The van der Waals surface area contributed by atoms with Gasteiger partial charge in [-0.3, -0.25) is 0 Å². The monoisotopic (exact) mass is 355 g/mol. The van der Waals surface area contributed by atoms with Crippen LogP contribution in [0.5, 0.6) is 0 Å². The summed E-state index contributed by atoms with van der Waals surface area (Å²) < 4.78 is 6.83. The third kappa shape index (κ3) is 2.88. The fraction of sp³-hybridized carbons (Fsp3) is 0.333. The first kappa shape index (κ1) is 13.5. The Hall–Kier alpha value is -0.970. The van der Waals surface area contributed by atoms with E-state index in [1.807, 2.05) is 13.8 Å². The molecular formula is C15H18INO. The molecule has 1 atom stereocenters. The maximum absolute atomic E-state index is 5.59. The number of anilines is 1. The average Bonchev–Trinajstić information content (AvgIpc) is 2.63. The molecule has 0 saturated heterocycles. The first-order valence-electron chi connectivity index (χ1n) is 6.07. The molecule has 0 aliphatic heterocycles. The van der Waals surface area contributed by atoms with Crippen molar-refractivity contribution in [2.24, 2.45) is 0 Å². The van der Waals surface area contributed by atoms with E-state index in [1.54, 1.807) is 0 Å². The smallest absolute Gasteiger partial charge is 0.106 e. The molecule has 2 aromatic rings. The molecule has 0 bridgehead atoms. The highest BCUT2D eigenvalue weighted by atomic mass is 127. The summed E-state index contributed by atoms with van der Waals surface area (Å²) in [5.41, 5.74) is 3.68. The topological polar surface area (TPSA) is 25.2 Å². The first-order chi connectivity index (χ1) is 8.47. The van der Waals surface area contributed by atoms with Crippen LogP contribution in [-0.2, 0) is 0 Å². The highest BCUT2D eigenvalue weighted by Crippen LogP contribution is 2.27. The molecule has 2 rings (SSSR count). The van der Waals surface area contributed by atoms with E-state index in [-0.39, 0.29) is 6.04 Å². The van der Waals surface area contributed by atoms with Gasteiger partial charge in [0.25, 0.3) is 0 Å². The molecule has 1 unspecified atom stereocenters. The minimum Gasteiger partial charge on any atom is -0.466 e. The Labute approximate surface area is 122 Å². The van der Waals surface area contributed by atoms with Crippen molar-refractivity contribution in [2.45, 2.75) is 33.7 Å². The van der Waals surface area contributed by atoms with Crippen molar-refractivity contribution in [1.82, 2.24) is 0 Å². The van der Waals surface area contributed by atoms with Gasteiger partial charge in [-0.15, -0.1) is 0 Å². The predicted octanol–water partition coefficient (Wildman–Crippen LogP) is 4.98. The van der Waals surface area contributed by atoms with Gasteiger partial charge in [-0.25, -0.2) is 0 Å². The lowest BCUT2D eigenvalue weighted by molar-refractivity contribution is 0.500. The van der Waals surface area contributed by atoms with Gasteiger partial charge >= 0.3 is 0 Å². The van der Waals surface area contributed by atoms with Gasteiger partial charge in [-0.1, -0.05) is 6.07 Å². The summed E-state index contributed by atoms with van der Waals surface area (Å²) in [5, 5.41) is 3.56. The van der Waals surface area contributed by atoms with Crippen LogP contribution in [-0.4, -0.2) is 0 Å². The van der Waals surface area contributed by atoms with Crippen molar-refractivity contribution in [1.29, 1.82) is 0 Å². The second-order valence-corrected chi connectivity index (χ2v) is 5.94. The lowest BCUT2D eigenvalue weighted by Gasteiger charge is -2.17. The zero-order valence-electron chi connectivity index (χ0n) is 11.2. The van der Waals surface area contributed by atoms with Crippen LogP contribution in [0.2, 0.25) is 0 Å². The molecule has 1 N–H and O–H groups in total. The van der Waals surface area contributed by atoms with Crippen LogP contribution in [0, 0.1) is 24.3 Å². The van der Waals surface area contributed by atoms with Gasteiger partial charge in [-0.05, 0) is 74.0 Å². The third-order valence-electron chi connectivity index (χ3n) is 3.12. The fourth-order valence-corrected chi connectivity index (χ4v) is 2.63. The lowest BCUT2D eigenvalue weighted by Crippen LogP contribution is -2.08. The number of benzene rings is 1. The molecule has 0 spiro atoms. The summed E-state index contributed by atoms with van der Waals surface area (Å²) in [4.78, 5) is 0. The number of furan rings is 1. The van der Waals surface area contributed by atoms with Crippen LogP contribution in [0.4, 0.5) is 5.69 Å². The summed E-state index contributed by atoms with van der Waals surface area (Å²) in [7, 11) is 0. The quantitative estimate of drug-likeness (QED) is 0.786. The van der Waals surface area contributed by atoms with Crippen molar-refractivity contribution < 1.29 is 4.42 Å². The van der Waals surface area contributed by atoms with E-state index in [9.17, 15) is 0 Å². The number of nitrogens with one attached hydrogen (secondary N) is 1. The molecule has 0 aliphatic rings. The largest absolute Gasteiger partial charge is 0.466 e. The molecule has 18 heavy (non-hydrogen) atoms. The van der Waals surface area contributed by atoms with Crippen molar-refractivity contribution in [2.75, 3.05) is 5.32 Å². The van der Waals surface area contributed by atoms with Crippen molar-refractivity contribution in [3.8, 4) is 0 Å². The number of aryl methyl sites for hydroxylation is 3. The van der Waals surface area contributed by atoms with Crippen molar-refractivity contribution in [3.63, 3.8) is 0 Å². The Morgan fingerprint density at radius 2 is 1.89 bits per heavy atom. The minimum atomic E-state index is 0.249. The molecule has 0 fully saturated rings. The van der Waals surface area contributed by atoms with Gasteiger partial charge in [0, 0.05) is 14.8 Å². The Kier molecular flexibility index (Phi) is 4.00. The normalized spacial score (nSPS) is 12.5. The lowest BCUT2D eigenvalue weighted by atomic mass is 10.1. The molecule has 1 heterocycles. The van der Waals surface area contributed by atoms with Gasteiger partial charge in [0.05, 0.1) is 6.04 Å². The SMILES string of the molecule is Cc1cc(C(C)Nc2cc(I)ccc2C)c(C)o1. The van der Waals surface area contributed by atoms with E-state index < -0.39 is 0 Å². The molecule has 0 saturated carbocycles. The van der Waals surface area contributed by atoms with E-state index in [2.05, 4.69) is 66.0 Å². The molecule has 0 aliphatic carbocycles. The van der Waals surface area contributed by atoms with Crippen LogP contribution >= 0.6 is 22.6 Å². The Morgan fingerprint density at radius 3 is 2.50 bits per heavy atom. The van der Waals surface area contributed by atoms with Crippen molar-refractivity contribution >= 4 is 28.3 Å². The fourth-order valence-electron chi connectivity index (χ4n) is 2.14. The Balaban J connectivity index is 2.23. The van der Waals surface area contributed by atoms with Gasteiger partial charge in [0.15, 0.2) is 0 Å². The van der Waals surface area contributed by atoms with E-state index in [0.717, 1.165) is 11.5 Å². The van der Waals surface area contributed by atoms with E-state index in [4.69, 9.17) is 4.42 Å². The van der Waals surface area contributed by atoms with Gasteiger partial charge in [0.1, 0.15) is 11.5 Å². The first-order valence-corrected chi connectivity index (χ1v) is 7.15. The van der Waals surface area contributed by atoms with Crippen LogP contribution in [0.25, 0.3) is 0 Å². The summed E-state index contributed by atoms with van der Waals surface area (Å²) in [5.74, 6) is 1.96. The highest BCUT2D eigenvalue weighted by molar-refractivity contribution is 14.1. The summed E-state index contributed by atoms with van der Waals surface area (Å²) in [6.07, 6.45) is 0. The van der Waals surface area contributed by atoms with Gasteiger partial charge < -0.3 is 9.73 Å². The standard InChI is InChI=1S/C15H18INO/c1-9-5-6-13(16)8-15(9)17-11(3)14-7-10(2)18-12(14)4/h5-8,11,17H,1-4H3. The number of hydrogen-bond acceptors (Lipinski definition) is 2. The van der Waals surface area contributed by atoms with E-state index in [1.165, 1.54) is 20.4 Å². The molecule has 0 radical (unpaired) electrons. The maximum atomic E-state index is 5.59. The summed E-state index contributed by atoms with van der Waals surface area (Å²) in [6, 6.07) is 8.80. The number of halogens is 1. The zero-order chi connectivity index (χ0) is 13.3. The minimum absolute atomic E-state index is 0.249. The zero-order valence-corrected chi connectivity index (χ0v) is 13.3. The summed E-state index contributed by atoms with van der Waals surface area (Å²) in [6.45, 7) is 8.29. The molecular weight excluding hydrogens is 337 g/mol. The van der Waals surface area contributed by atoms with Crippen LogP contribution in [0.15, 0.2) is 28.7 Å². The molecule has 1 aromatic carbocycles. The second-order valence-electron chi connectivity index (χ2n) is 4.69. The second kappa shape index (κ2) is 5.34. The molecule has 96 valence electrons. The molecule has 1 aromatic heterocycles. The van der Waals surface area contributed by atoms with Crippen LogP contribution in [0.3, 0.4) is 0 Å². The van der Waals surface area contributed by atoms with Gasteiger partial charge in [0.2, 0.25) is 0 Å². The number of rotatable bonds is 3. The summed E-state index contributed by atoms with van der Waals surface area (Å²) >= 11 is 2.34. The Bertz CT molecular complexity index is 560. The average molecular weight is 355 g/mol. The molecule has 2 nitrogen and oxygen atoms in total. The van der Waals surface area contributed by atoms with Crippen molar-refractivity contribution in [3.05, 3.63) is 50.5 Å². The van der Waals surface area contributed by atoms with Crippen LogP contribution < -0.4 is 5.32 Å². The van der Waals surface area contributed by atoms with E-state index >= 15 is 0 Å². The van der Waals surface area contributed by atoms with Gasteiger partial charge in [-0.2, -0.15) is 0 Å². The molecule has 3 heteroatoms. The third-order valence-corrected chi connectivity index (χ3v) is 3.79. The number of hydrogen-bond donors (Lipinski definition) is 1. The Morgan fingerprint density at radius 1 is 1.17 bits per heavy atom. The predicted molar refractivity (Wildman–Crippen MR) is 84.1 cm³/mol. The maximum Gasteiger partial charge on any atom is 0.106 e.